The van der Waals surface area contributed by atoms with Crippen LogP contribution >= 0.6 is 11.6 Å². The second kappa shape index (κ2) is 8.84. The van der Waals surface area contributed by atoms with Gasteiger partial charge >= 0.3 is 5.97 Å². The minimum atomic E-state index is -0.618. The van der Waals surface area contributed by atoms with E-state index in [2.05, 4.69) is 10.3 Å². The highest BCUT2D eigenvalue weighted by atomic mass is 35.5. The number of esters is 1. The van der Waals surface area contributed by atoms with Crippen molar-refractivity contribution >= 4 is 23.5 Å². The highest BCUT2D eigenvalue weighted by molar-refractivity contribution is 6.27. The Hall–Kier alpha value is -3.63. The molecule has 0 aliphatic heterocycles. The van der Waals surface area contributed by atoms with Crippen LogP contribution in [-0.4, -0.2) is 23.5 Å². The van der Waals surface area contributed by atoms with Gasteiger partial charge in [0.1, 0.15) is 12.9 Å². The van der Waals surface area contributed by atoms with Crippen LogP contribution in [-0.2, 0) is 4.74 Å². The summed E-state index contributed by atoms with van der Waals surface area (Å²) in [5.74, 6) is -1.12. The standard InChI is InChI=1S/C20H14ClN3O4/c21-20-24-17(12-28-20)18(25)23-16(14-6-2-1-3-7-14)11-27-19(26)15-8-4-5-13(9-15)10-22/h1-9,12,16H,11H2,(H,23,25)/t16-/m0/s1. The number of carbonyl (C=O) groups excluding carboxylic acids is 2. The second-order valence-corrected chi connectivity index (χ2v) is 6.04. The summed E-state index contributed by atoms with van der Waals surface area (Å²) in [5.41, 5.74) is 1.36. The first-order valence-electron chi connectivity index (χ1n) is 8.21. The maximum absolute atomic E-state index is 12.4. The molecule has 3 rings (SSSR count). The molecule has 1 N–H and O–H groups in total. The number of aromatic nitrogens is 1. The Kier molecular flexibility index (Phi) is 6.04. The second-order valence-electron chi connectivity index (χ2n) is 5.71. The van der Waals surface area contributed by atoms with E-state index < -0.39 is 17.9 Å². The molecule has 0 radical (unpaired) electrons. The third kappa shape index (κ3) is 4.75. The highest BCUT2D eigenvalue weighted by Crippen LogP contribution is 2.16. The summed E-state index contributed by atoms with van der Waals surface area (Å²) in [4.78, 5) is 28.5. The maximum atomic E-state index is 12.4. The number of benzene rings is 2. The van der Waals surface area contributed by atoms with Gasteiger partial charge in [-0.1, -0.05) is 36.4 Å². The van der Waals surface area contributed by atoms with E-state index in [-0.39, 0.29) is 23.2 Å². The van der Waals surface area contributed by atoms with E-state index in [1.807, 2.05) is 12.1 Å². The smallest absolute Gasteiger partial charge is 0.338 e. The monoisotopic (exact) mass is 395 g/mol. The number of halogens is 1. The van der Waals surface area contributed by atoms with Crippen molar-refractivity contribution in [1.29, 1.82) is 5.26 Å². The van der Waals surface area contributed by atoms with E-state index in [9.17, 15) is 9.59 Å². The minimum Gasteiger partial charge on any atom is -0.460 e. The molecular formula is C20H14ClN3O4. The van der Waals surface area contributed by atoms with Gasteiger partial charge in [0.2, 0.25) is 0 Å². The summed E-state index contributed by atoms with van der Waals surface area (Å²) in [6, 6.07) is 16.6. The topological polar surface area (TPSA) is 105 Å². The van der Waals surface area contributed by atoms with Crippen LogP contribution in [0.1, 0.15) is 38.0 Å². The number of nitrogens with zero attached hydrogens (tertiary/aromatic N) is 2. The molecule has 0 unspecified atom stereocenters. The van der Waals surface area contributed by atoms with Crippen molar-refractivity contribution in [2.24, 2.45) is 0 Å². The predicted molar refractivity (Wildman–Crippen MR) is 99.6 cm³/mol. The lowest BCUT2D eigenvalue weighted by molar-refractivity contribution is 0.0455. The van der Waals surface area contributed by atoms with Gasteiger partial charge < -0.3 is 14.5 Å². The van der Waals surface area contributed by atoms with Crippen molar-refractivity contribution in [2.45, 2.75) is 6.04 Å². The predicted octanol–water partition coefficient (Wildman–Crippen LogP) is 3.53. The Morgan fingerprint density at radius 2 is 2.00 bits per heavy atom. The lowest BCUT2D eigenvalue weighted by atomic mass is 10.1. The van der Waals surface area contributed by atoms with Crippen LogP contribution in [0.3, 0.4) is 0 Å². The van der Waals surface area contributed by atoms with Crippen LogP contribution in [0.25, 0.3) is 0 Å². The van der Waals surface area contributed by atoms with Crippen molar-refractivity contribution in [2.75, 3.05) is 6.61 Å². The molecule has 140 valence electrons. The molecule has 1 amide bonds. The molecule has 0 aliphatic carbocycles. The molecule has 0 saturated carbocycles. The van der Waals surface area contributed by atoms with Crippen molar-refractivity contribution in [3.8, 4) is 6.07 Å². The fraction of sp³-hybridized carbons (Fsp3) is 0.100. The van der Waals surface area contributed by atoms with Crippen molar-refractivity contribution in [3.63, 3.8) is 0 Å². The summed E-state index contributed by atoms with van der Waals surface area (Å²) < 4.78 is 10.2. The molecule has 1 atom stereocenters. The van der Waals surface area contributed by atoms with Gasteiger partial charge in [0, 0.05) is 0 Å². The van der Waals surface area contributed by atoms with Crippen LogP contribution < -0.4 is 5.32 Å². The first-order chi connectivity index (χ1) is 13.6. The lowest BCUT2D eigenvalue weighted by Crippen LogP contribution is -2.32. The number of hydrogen-bond donors (Lipinski definition) is 1. The zero-order valence-electron chi connectivity index (χ0n) is 14.5. The molecule has 7 nitrogen and oxygen atoms in total. The first kappa shape index (κ1) is 19.1. The Morgan fingerprint density at radius 1 is 1.21 bits per heavy atom. The fourth-order valence-corrected chi connectivity index (χ4v) is 2.59. The molecule has 0 aliphatic rings. The molecule has 0 spiro atoms. The SMILES string of the molecule is N#Cc1cccc(C(=O)OC[C@H](NC(=O)c2coc(Cl)n2)c2ccccc2)c1. The number of nitrogens with one attached hydrogen (secondary N) is 1. The quantitative estimate of drug-likeness (QED) is 0.640. The molecule has 1 heterocycles. The lowest BCUT2D eigenvalue weighted by Gasteiger charge is -2.18. The van der Waals surface area contributed by atoms with E-state index in [0.29, 0.717) is 5.56 Å². The zero-order chi connectivity index (χ0) is 19.9. The van der Waals surface area contributed by atoms with E-state index >= 15 is 0 Å². The fourth-order valence-electron chi connectivity index (χ4n) is 2.45. The van der Waals surface area contributed by atoms with Gasteiger partial charge in [0.15, 0.2) is 5.69 Å². The summed E-state index contributed by atoms with van der Waals surface area (Å²) in [7, 11) is 0. The van der Waals surface area contributed by atoms with Gasteiger partial charge in [0.25, 0.3) is 11.3 Å². The van der Waals surface area contributed by atoms with Gasteiger partial charge in [0.05, 0.1) is 23.2 Å². The Bertz CT molecular complexity index is 1030. The van der Waals surface area contributed by atoms with Crippen LogP contribution in [0.4, 0.5) is 0 Å². The Balaban J connectivity index is 1.73. The molecule has 0 bridgehead atoms. The van der Waals surface area contributed by atoms with E-state index in [1.165, 1.54) is 6.07 Å². The van der Waals surface area contributed by atoms with Crippen molar-refractivity contribution in [1.82, 2.24) is 10.3 Å². The third-order valence-electron chi connectivity index (χ3n) is 3.82. The number of oxazole rings is 1. The first-order valence-corrected chi connectivity index (χ1v) is 8.58. The van der Waals surface area contributed by atoms with Crippen LogP contribution in [0, 0.1) is 11.3 Å². The van der Waals surface area contributed by atoms with Gasteiger partial charge in [-0.2, -0.15) is 10.2 Å². The van der Waals surface area contributed by atoms with Gasteiger partial charge in [-0.05, 0) is 35.4 Å². The average Bonchev–Trinajstić information content (AvgIpc) is 3.18. The van der Waals surface area contributed by atoms with Crippen LogP contribution in [0.2, 0.25) is 5.35 Å². The summed E-state index contributed by atoms with van der Waals surface area (Å²) in [6.45, 7) is -0.114. The number of carbonyl (C=O) groups is 2. The van der Waals surface area contributed by atoms with E-state index in [4.69, 9.17) is 26.0 Å². The Morgan fingerprint density at radius 3 is 2.68 bits per heavy atom. The normalized spacial score (nSPS) is 11.3. The largest absolute Gasteiger partial charge is 0.460 e. The minimum absolute atomic E-state index is 0.0129. The van der Waals surface area contributed by atoms with Crippen molar-refractivity contribution < 1.29 is 18.7 Å². The molecule has 0 fully saturated rings. The molecular weight excluding hydrogens is 382 g/mol. The summed E-state index contributed by atoms with van der Waals surface area (Å²) in [6.07, 6.45) is 1.14. The number of amides is 1. The van der Waals surface area contributed by atoms with Gasteiger partial charge in [-0.25, -0.2) is 4.79 Å². The number of rotatable bonds is 6. The van der Waals surface area contributed by atoms with E-state index in [1.54, 1.807) is 42.5 Å². The molecule has 8 heteroatoms. The van der Waals surface area contributed by atoms with Crippen LogP contribution in [0.5, 0.6) is 0 Å². The number of hydrogen-bond acceptors (Lipinski definition) is 6. The molecule has 0 saturated heterocycles. The Labute approximate surface area is 165 Å². The highest BCUT2D eigenvalue weighted by Gasteiger charge is 2.20. The molecule has 2 aromatic carbocycles. The summed E-state index contributed by atoms with van der Waals surface area (Å²) in [5, 5.41) is 11.5. The van der Waals surface area contributed by atoms with Crippen molar-refractivity contribution in [3.05, 3.63) is 88.6 Å². The maximum Gasteiger partial charge on any atom is 0.338 e. The average molecular weight is 396 g/mol. The third-order valence-corrected chi connectivity index (χ3v) is 4.00. The molecule has 1 aromatic heterocycles. The zero-order valence-corrected chi connectivity index (χ0v) is 15.2. The van der Waals surface area contributed by atoms with Gasteiger partial charge in [-0.15, -0.1) is 0 Å². The number of ether oxygens (including phenoxy) is 1. The number of nitriles is 1. The van der Waals surface area contributed by atoms with Gasteiger partial charge in [-0.3, -0.25) is 4.79 Å². The molecule has 3 aromatic rings. The van der Waals surface area contributed by atoms with Crippen LogP contribution in [0.15, 0.2) is 65.3 Å². The molecule has 28 heavy (non-hydrogen) atoms. The van der Waals surface area contributed by atoms with E-state index in [0.717, 1.165) is 11.8 Å². The summed E-state index contributed by atoms with van der Waals surface area (Å²) >= 11 is 5.60.